The predicted molar refractivity (Wildman–Crippen MR) is 103 cm³/mol. The Morgan fingerprint density at radius 3 is 2.35 bits per heavy atom. The average Bonchev–Trinajstić information content (AvgIpc) is 3.04. The number of anilines is 2. The highest BCUT2D eigenvalue weighted by Crippen LogP contribution is 2.27. The van der Waals surface area contributed by atoms with Crippen molar-refractivity contribution in [2.75, 3.05) is 23.9 Å². The molecule has 2 amide bonds. The maximum Gasteiger partial charge on any atom is 0.229 e. The number of rotatable bonds is 5. The van der Waals surface area contributed by atoms with Crippen LogP contribution in [0.2, 0.25) is 0 Å². The Morgan fingerprint density at radius 2 is 1.77 bits per heavy atom. The average molecular weight is 352 g/mol. The molecule has 0 aromatic heterocycles. The van der Waals surface area contributed by atoms with Gasteiger partial charge in [-0.05, 0) is 47.9 Å². The fraction of sp³-hybridized carbons (Fsp3) is 0.333. The van der Waals surface area contributed by atoms with E-state index >= 15 is 0 Å². The zero-order chi connectivity index (χ0) is 18.7. The minimum absolute atomic E-state index is 0.0366. The van der Waals surface area contributed by atoms with Crippen molar-refractivity contribution in [1.29, 1.82) is 0 Å². The van der Waals surface area contributed by atoms with E-state index in [1.54, 1.807) is 12.0 Å². The maximum atomic E-state index is 12.5. The zero-order valence-corrected chi connectivity index (χ0v) is 15.4. The van der Waals surface area contributed by atoms with E-state index in [-0.39, 0.29) is 24.2 Å². The fourth-order valence-corrected chi connectivity index (χ4v) is 3.09. The molecule has 1 unspecified atom stereocenters. The van der Waals surface area contributed by atoms with E-state index in [1.165, 1.54) is 5.56 Å². The normalized spacial score (nSPS) is 16.8. The van der Waals surface area contributed by atoms with Gasteiger partial charge in [0.1, 0.15) is 5.75 Å². The maximum absolute atomic E-state index is 12.5. The Balaban J connectivity index is 1.64. The van der Waals surface area contributed by atoms with Gasteiger partial charge < -0.3 is 15.0 Å². The minimum atomic E-state index is -0.352. The number of methoxy groups -OCH3 is 1. The van der Waals surface area contributed by atoms with E-state index in [0.29, 0.717) is 12.5 Å². The van der Waals surface area contributed by atoms with E-state index in [9.17, 15) is 9.59 Å². The number of ether oxygens (including phenoxy) is 1. The molecule has 1 aliphatic heterocycles. The predicted octanol–water partition coefficient (Wildman–Crippen LogP) is 3.81. The second-order valence-electron chi connectivity index (χ2n) is 6.87. The van der Waals surface area contributed by atoms with Crippen molar-refractivity contribution >= 4 is 23.2 Å². The van der Waals surface area contributed by atoms with Gasteiger partial charge in [-0.2, -0.15) is 0 Å². The molecule has 5 nitrogen and oxygen atoms in total. The molecule has 0 bridgehead atoms. The molecule has 2 aromatic carbocycles. The number of hydrogen-bond acceptors (Lipinski definition) is 3. The quantitative estimate of drug-likeness (QED) is 0.890. The Kier molecular flexibility index (Phi) is 5.26. The summed E-state index contributed by atoms with van der Waals surface area (Å²) in [6.07, 6.45) is 0.224. The number of carbonyl (C=O) groups is 2. The molecule has 26 heavy (non-hydrogen) atoms. The van der Waals surface area contributed by atoms with Gasteiger partial charge in [0.05, 0.1) is 13.0 Å². The number of amides is 2. The van der Waals surface area contributed by atoms with Crippen molar-refractivity contribution in [2.45, 2.75) is 26.2 Å². The van der Waals surface area contributed by atoms with E-state index < -0.39 is 0 Å². The smallest absolute Gasteiger partial charge is 0.229 e. The Labute approximate surface area is 154 Å². The van der Waals surface area contributed by atoms with Gasteiger partial charge >= 0.3 is 0 Å². The summed E-state index contributed by atoms with van der Waals surface area (Å²) in [5, 5.41) is 2.92. The summed E-state index contributed by atoms with van der Waals surface area (Å²) in [5.41, 5.74) is 2.77. The second kappa shape index (κ2) is 7.60. The van der Waals surface area contributed by atoms with Crippen LogP contribution in [0.5, 0.6) is 5.75 Å². The van der Waals surface area contributed by atoms with Crippen LogP contribution < -0.4 is 15.0 Å². The summed E-state index contributed by atoms with van der Waals surface area (Å²) in [7, 11) is 1.60. The molecule has 1 saturated heterocycles. The van der Waals surface area contributed by atoms with E-state index in [2.05, 4.69) is 19.2 Å². The van der Waals surface area contributed by atoms with Gasteiger partial charge in [-0.1, -0.05) is 26.0 Å². The van der Waals surface area contributed by atoms with Gasteiger partial charge in [0.2, 0.25) is 11.8 Å². The molecular formula is C21H24N2O3. The molecular weight excluding hydrogens is 328 g/mol. The van der Waals surface area contributed by atoms with Crippen LogP contribution in [-0.4, -0.2) is 25.5 Å². The van der Waals surface area contributed by atoms with Crippen LogP contribution in [0.15, 0.2) is 48.5 Å². The van der Waals surface area contributed by atoms with Gasteiger partial charge in [0.15, 0.2) is 0 Å². The molecule has 3 rings (SSSR count). The Morgan fingerprint density at radius 1 is 1.12 bits per heavy atom. The number of nitrogens with one attached hydrogen (secondary N) is 1. The molecule has 1 N–H and O–H groups in total. The van der Waals surface area contributed by atoms with Crippen LogP contribution in [0, 0.1) is 5.92 Å². The summed E-state index contributed by atoms with van der Waals surface area (Å²) < 4.78 is 5.14. The lowest BCUT2D eigenvalue weighted by Crippen LogP contribution is -2.28. The summed E-state index contributed by atoms with van der Waals surface area (Å²) in [5.74, 6) is 0.677. The van der Waals surface area contributed by atoms with Gasteiger partial charge in [-0.15, -0.1) is 0 Å². The first-order chi connectivity index (χ1) is 12.5. The van der Waals surface area contributed by atoms with Crippen molar-refractivity contribution in [3.05, 3.63) is 54.1 Å². The molecule has 2 aromatic rings. The monoisotopic (exact) mass is 352 g/mol. The van der Waals surface area contributed by atoms with Crippen molar-refractivity contribution in [3.8, 4) is 5.75 Å². The molecule has 0 saturated carbocycles. The zero-order valence-electron chi connectivity index (χ0n) is 15.4. The Bertz CT molecular complexity index is 782. The summed E-state index contributed by atoms with van der Waals surface area (Å²) >= 11 is 0. The number of carbonyl (C=O) groups excluding carboxylic acids is 2. The molecule has 0 aliphatic carbocycles. The van der Waals surface area contributed by atoms with Crippen LogP contribution in [0.3, 0.4) is 0 Å². The number of hydrogen-bond donors (Lipinski definition) is 1. The van der Waals surface area contributed by atoms with Crippen LogP contribution in [0.4, 0.5) is 11.4 Å². The minimum Gasteiger partial charge on any atom is -0.497 e. The third-order valence-corrected chi connectivity index (χ3v) is 4.72. The number of nitrogens with zero attached hydrogens (tertiary/aromatic N) is 1. The fourth-order valence-electron chi connectivity index (χ4n) is 3.09. The van der Waals surface area contributed by atoms with Crippen molar-refractivity contribution in [1.82, 2.24) is 0 Å². The van der Waals surface area contributed by atoms with Crippen molar-refractivity contribution in [3.63, 3.8) is 0 Å². The van der Waals surface area contributed by atoms with Gasteiger partial charge in [-0.3, -0.25) is 9.59 Å². The van der Waals surface area contributed by atoms with Crippen LogP contribution in [0.1, 0.15) is 31.7 Å². The molecule has 1 heterocycles. The molecule has 5 heteroatoms. The highest BCUT2D eigenvalue weighted by atomic mass is 16.5. The van der Waals surface area contributed by atoms with Crippen LogP contribution in [0.25, 0.3) is 0 Å². The van der Waals surface area contributed by atoms with E-state index in [1.807, 2.05) is 48.5 Å². The molecule has 1 atom stereocenters. The first-order valence-electron chi connectivity index (χ1n) is 8.83. The second-order valence-corrected chi connectivity index (χ2v) is 6.87. The first kappa shape index (κ1) is 18.0. The highest BCUT2D eigenvalue weighted by molar-refractivity contribution is 6.03. The van der Waals surface area contributed by atoms with Crippen LogP contribution >= 0.6 is 0 Å². The van der Waals surface area contributed by atoms with E-state index in [0.717, 1.165) is 17.1 Å². The van der Waals surface area contributed by atoms with Crippen molar-refractivity contribution < 1.29 is 14.3 Å². The van der Waals surface area contributed by atoms with Crippen molar-refractivity contribution in [2.24, 2.45) is 5.92 Å². The van der Waals surface area contributed by atoms with Crippen LogP contribution in [-0.2, 0) is 9.59 Å². The first-order valence-corrected chi connectivity index (χ1v) is 8.83. The molecule has 0 radical (unpaired) electrons. The highest BCUT2D eigenvalue weighted by Gasteiger charge is 2.35. The lowest BCUT2D eigenvalue weighted by atomic mass is 10.0. The molecule has 136 valence electrons. The summed E-state index contributed by atoms with van der Waals surface area (Å²) in [4.78, 5) is 26.5. The molecule has 0 spiro atoms. The third-order valence-electron chi connectivity index (χ3n) is 4.72. The molecule has 1 aliphatic rings. The summed E-state index contributed by atoms with van der Waals surface area (Å²) in [6.45, 7) is 4.65. The third kappa shape index (κ3) is 3.87. The molecule has 1 fully saturated rings. The lowest BCUT2D eigenvalue weighted by Gasteiger charge is -2.17. The van der Waals surface area contributed by atoms with Gasteiger partial charge in [0.25, 0.3) is 0 Å². The topological polar surface area (TPSA) is 58.6 Å². The number of benzene rings is 2. The summed E-state index contributed by atoms with van der Waals surface area (Å²) in [6, 6.07) is 15.1. The SMILES string of the molecule is COc1ccc(N2CC(C(=O)Nc3ccc(C(C)C)cc3)CC2=O)cc1. The van der Waals surface area contributed by atoms with Gasteiger partial charge in [-0.25, -0.2) is 0 Å². The Hall–Kier alpha value is -2.82. The lowest BCUT2D eigenvalue weighted by molar-refractivity contribution is -0.122. The van der Waals surface area contributed by atoms with E-state index in [4.69, 9.17) is 4.74 Å². The van der Waals surface area contributed by atoms with Gasteiger partial charge in [0, 0.05) is 24.3 Å². The largest absolute Gasteiger partial charge is 0.497 e. The standard InChI is InChI=1S/C21H24N2O3/c1-14(2)15-4-6-17(7-5-15)22-21(25)16-12-20(24)23(13-16)18-8-10-19(26-3)11-9-18/h4-11,14,16H,12-13H2,1-3H3,(H,22,25).